The monoisotopic (exact) mass is 285 g/mol. The molecule has 0 aromatic heterocycles. The first-order valence-corrected chi connectivity index (χ1v) is 7.43. The normalized spacial score (nSPS) is 27.4. The van der Waals surface area contributed by atoms with E-state index in [1.807, 2.05) is 0 Å². The third-order valence-electron chi connectivity index (χ3n) is 4.21. The maximum Gasteiger partial charge on any atom is 0.332 e. The molecule has 114 valence electrons. The number of rotatable bonds is 5. The molecule has 1 saturated heterocycles. The second-order valence-corrected chi connectivity index (χ2v) is 5.58. The number of carbonyl (C=O) groups is 2. The maximum atomic E-state index is 12.5. The zero-order valence-electron chi connectivity index (χ0n) is 11.7. The molecule has 2 unspecified atom stereocenters. The molecule has 6 nitrogen and oxygen atoms in total. The number of aliphatic hydroxyl groups excluding tert-OH is 1. The first-order chi connectivity index (χ1) is 9.63. The van der Waals surface area contributed by atoms with Crippen LogP contribution in [0.3, 0.4) is 0 Å². The van der Waals surface area contributed by atoms with Crippen LogP contribution in [0.1, 0.15) is 44.9 Å². The van der Waals surface area contributed by atoms with E-state index < -0.39 is 18.2 Å². The summed E-state index contributed by atoms with van der Waals surface area (Å²) in [6.45, 7) is 0.235. The summed E-state index contributed by atoms with van der Waals surface area (Å²) in [6.07, 6.45) is 4.61. The van der Waals surface area contributed by atoms with Crippen molar-refractivity contribution < 1.29 is 24.5 Å². The molecule has 2 aliphatic rings. The van der Waals surface area contributed by atoms with Crippen LogP contribution in [0, 0.1) is 0 Å². The third kappa shape index (κ3) is 3.49. The van der Waals surface area contributed by atoms with E-state index in [1.54, 1.807) is 4.90 Å². The van der Waals surface area contributed by atoms with Gasteiger partial charge in [-0.25, -0.2) is 4.79 Å². The summed E-state index contributed by atoms with van der Waals surface area (Å²) in [7, 11) is 0. The van der Waals surface area contributed by atoms with Crippen molar-refractivity contribution in [1.29, 1.82) is 0 Å². The van der Waals surface area contributed by atoms with Crippen molar-refractivity contribution in [2.45, 2.75) is 63.2 Å². The second-order valence-electron chi connectivity index (χ2n) is 5.58. The van der Waals surface area contributed by atoms with Gasteiger partial charge in [-0.1, -0.05) is 19.3 Å². The first kappa shape index (κ1) is 15.3. The smallest absolute Gasteiger partial charge is 0.332 e. The highest BCUT2D eigenvalue weighted by atomic mass is 16.5. The Balaban J connectivity index is 1.98. The largest absolute Gasteiger partial charge is 0.479 e. The lowest BCUT2D eigenvalue weighted by Crippen LogP contribution is -2.47. The lowest BCUT2D eigenvalue weighted by atomic mass is 9.93. The standard InChI is InChI=1S/C14H23NO5/c16-9-8-15(10-4-2-1-3-5-10)13(17)11-6-7-12(20-11)14(18)19/h10-12,16H,1-9H2,(H,18,19). The van der Waals surface area contributed by atoms with E-state index in [9.17, 15) is 14.7 Å². The molecule has 0 bridgehead atoms. The molecule has 0 aromatic rings. The van der Waals surface area contributed by atoms with Gasteiger partial charge >= 0.3 is 5.97 Å². The van der Waals surface area contributed by atoms with Crippen LogP contribution >= 0.6 is 0 Å². The fraction of sp³-hybridized carbons (Fsp3) is 0.857. The summed E-state index contributed by atoms with van der Waals surface area (Å²) in [5, 5.41) is 18.1. The fourth-order valence-electron chi connectivity index (χ4n) is 3.16. The highest BCUT2D eigenvalue weighted by Gasteiger charge is 2.38. The highest BCUT2D eigenvalue weighted by Crippen LogP contribution is 2.27. The summed E-state index contributed by atoms with van der Waals surface area (Å²) in [5.41, 5.74) is 0. The van der Waals surface area contributed by atoms with Gasteiger partial charge in [-0.3, -0.25) is 4.79 Å². The van der Waals surface area contributed by atoms with Gasteiger partial charge in [0.25, 0.3) is 5.91 Å². The van der Waals surface area contributed by atoms with Gasteiger partial charge in [0.2, 0.25) is 0 Å². The molecule has 2 atom stereocenters. The number of amides is 1. The van der Waals surface area contributed by atoms with E-state index in [0.29, 0.717) is 19.4 Å². The molecule has 2 fully saturated rings. The van der Waals surface area contributed by atoms with Crippen LogP contribution in [0.4, 0.5) is 0 Å². The van der Waals surface area contributed by atoms with Crippen molar-refractivity contribution in [2.75, 3.05) is 13.2 Å². The number of hydrogen-bond donors (Lipinski definition) is 2. The van der Waals surface area contributed by atoms with Gasteiger partial charge in [-0.05, 0) is 25.7 Å². The molecule has 1 saturated carbocycles. The van der Waals surface area contributed by atoms with Crippen molar-refractivity contribution in [2.24, 2.45) is 0 Å². The molecule has 1 aliphatic heterocycles. The average molecular weight is 285 g/mol. The Labute approximate surface area is 118 Å². The van der Waals surface area contributed by atoms with E-state index in [4.69, 9.17) is 9.84 Å². The van der Waals surface area contributed by atoms with Gasteiger partial charge in [-0.15, -0.1) is 0 Å². The minimum absolute atomic E-state index is 0.0721. The zero-order chi connectivity index (χ0) is 14.5. The Hall–Kier alpha value is -1.14. The van der Waals surface area contributed by atoms with E-state index >= 15 is 0 Å². The molecule has 1 amide bonds. The Bertz CT molecular complexity index is 353. The fourth-order valence-corrected chi connectivity index (χ4v) is 3.16. The molecule has 0 aromatic carbocycles. The molecular weight excluding hydrogens is 262 g/mol. The van der Waals surface area contributed by atoms with Crippen LogP contribution in [-0.4, -0.2) is 58.4 Å². The number of aliphatic hydroxyl groups is 1. The summed E-state index contributed by atoms with van der Waals surface area (Å²) in [5.74, 6) is -1.17. The molecule has 2 N–H and O–H groups in total. The first-order valence-electron chi connectivity index (χ1n) is 7.43. The van der Waals surface area contributed by atoms with E-state index in [-0.39, 0.29) is 18.6 Å². The van der Waals surface area contributed by atoms with Crippen molar-refractivity contribution in [3.8, 4) is 0 Å². The van der Waals surface area contributed by atoms with Crippen LogP contribution in [0.5, 0.6) is 0 Å². The lowest BCUT2D eigenvalue weighted by Gasteiger charge is -2.35. The van der Waals surface area contributed by atoms with Crippen LogP contribution in [-0.2, 0) is 14.3 Å². The van der Waals surface area contributed by atoms with Crippen molar-refractivity contribution in [3.05, 3.63) is 0 Å². The lowest BCUT2D eigenvalue weighted by molar-refractivity contribution is -0.156. The Morgan fingerprint density at radius 1 is 1.05 bits per heavy atom. The number of carboxylic acid groups (broad SMARTS) is 1. The SMILES string of the molecule is O=C(O)C1CCC(C(=O)N(CCO)C2CCCCC2)O1. The summed E-state index contributed by atoms with van der Waals surface area (Å²) < 4.78 is 5.33. The zero-order valence-corrected chi connectivity index (χ0v) is 11.7. The minimum Gasteiger partial charge on any atom is -0.479 e. The molecule has 1 heterocycles. The van der Waals surface area contributed by atoms with Crippen molar-refractivity contribution >= 4 is 11.9 Å². The van der Waals surface area contributed by atoms with Crippen molar-refractivity contribution in [1.82, 2.24) is 4.90 Å². The molecule has 6 heteroatoms. The molecular formula is C14H23NO5. The number of hydrogen-bond acceptors (Lipinski definition) is 4. The Morgan fingerprint density at radius 2 is 1.70 bits per heavy atom. The Morgan fingerprint density at radius 3 is 2.25 bits per heavy atom. The van der Waals surface area contributed by atoms with Gasteiger partial charge in [0.15, 0.2) is 6.10 Å². The molecule has 1 aliphatic carbocycles. The number of carboxylic acids is 1. The summed E-state index contributed by atoms with van der Waals surface area (Å²) >= 11 is 0. The van der Waals surface area contributed by atoms with E-state index in [0.717, 1.165) is 25.7 Å². The van der Waals surface area contributed by atoms with Gasteiger partial charge in [0, 0.05) is 12.6 Å². The quantitative estimate of drug-likeness (QED) is 0.779. The highest BCUT2D eigenvalue weighted by molar-refractivity contribution is 5.83. The van der Waals surface area contributed by atoms with E-state index in [1.165, 1.54) is 6.42 Å². The molecule has 20 heavy (non-hydrogen) atoms. The predicted octanol–water partition coefficient (Wildman–Crippen LogP) is 0.772. The second kappa shape index (κ2) is 7.04. The number of aliphatic carboxylic acids is 1. The predicted molar refractivity (Wildman–Crippen MR) is 71.2 cm³/mol. The van der Waals surface area contributed by atoms with Crippen LogP contribution in [0.15, 0.2) is 0 Å². The number of nitrogens with zero attached hydrogens (tertiary/aromatic N) is 1. The Kier molecular flexibility index (Phi) is 5.37. The topological polar surface area (TPSA) is 87.1 Å². The van der Waals surface area contributed by atoms with Crippen LogP contribution in [0.25, 0.3) is 0 Å². The van der Waals surface area contributed by atoms with Gasteiger partial charge in [-0.2, -0.15) is 0 Å². The number of carbonyl (C=O) groups excluding carboxylic acids is 1. The summed E-state index contributed by atoms with van der Waals surface area (Å²) in [4.78, 5) is 25.1. The van der Waals surface area contributed by atoms with Crippen molar-refractivity contribution in [3.63, 3.8) is 0 Å². The third-order valence-corrected chi connectivity index (χ3v) is 4.21. The molecule has 0 spiro atoms. The summed E-state index contributed by atoms with van der Waals surface area (Å²) in [6, 6.07) is 0.163. The van der Waals surface area contributed by atoms with Crippen LogP contribution in [0.2, 0.25) is 0 Å². The molecule has 2 rings (SSSR count). The molecule has 0 radical (unpaired) electrons. The average Bonchev–Trinajstić information content (AvgIpc) is 2.95. The minimum atomic E-state index is -1.01. The number of ether oxygens (including phenoxy) is 1. The van der Waals surface area contributed by atoms with Crippen LogP contribution < -0.4 is 0 Å². The van der Waals surface area contributed by atoms with Gasteiger partial charge in [0.05, 0.1) is 6.61 Å². The maximum absolute atomic E-state index is 12.5. The van der Waals surface area contributed by atoms with E-state index in [2.05, 4.69) is 0 Å². The van der Waals surface area contributed by atoms with Gasteiger partial charge in [0.1, 0.15) is 6.10 Å². The van der Waals surface area contributed by atoms with Gasteiger partial charge < -0.3 is 19.8 Å².